The summed E-state index contributed by atoms with van der Waals surface area (Å²) in [5.41, 5.74) is 5.62. The van der Waals surface area contributed by atoms with E-state index in [0.717, 1.165) is 19.3 Å². The van der Waals surface area contributed by atoms with Gasteiger partial charge in [-0.1, -0.05) is 6.42 Å². The van der Waals surface area contributed by atoms with Crippen LogP contribution in [0.3, 0.4) is 0 Å². The van der Waals surface area contributed by atoms with Crippen LogP contribution in [0, 0.1) is 5.92 Å². The highest BCUT2D eigenvalue weighted by Gasteiger charge is 2.28. The van der Waals surface area contributed by atoms with Crippen molar-refractivity contribution in [1.82, 2.24) is 10.0 Å². The molecule has 1 amide bonds. The topological polar surface area (TPSA) is 101 Å². The van der Waals surface area contributed by atoms with Crippen molar-refractivity contribution in [3.05, 3.63) is 29.8 Å². The minimum absolute atomic E-state index is 0. The van der Waals surface area contributed by atoms with Gasteiger partial charge in [0.1, 0.15) is 0 Å². The van der Waals surface area contributed by atoms with Gasteiger partial charge in [-0.15, -0.1) is 12.4 Å². The SMILES string of the molecule is CC(C)(C)NS(=O)(=O)c1ccc(C(=O)NC2CCCC2CN)cc1.Cl. The van der Waals surface area contributed by atoms with Crippen LogP contribution in [0.25, 0.3) is 0 Å². The van der Waals surface area contributed by atoms with E-state index in [2.05, 4.69) is 10.0 Å². The number of carbonyl (C=O) groups is 1. The molecule has 4 N–H and O–H groups in total. The molecule has 0 aromatic heterocycles. The minimum atomic E-state index is -3.59. The monoisotopic (exact) mass is 389 g/mol. The molecule has 0 spiro atoms. The molecule has 8 heteroatoms. The van der Waals surface area contributed by atoms with E-state index in [9.17, 15) is 13.2 Å². The number of nitrogens with one attached hydrogen (secondary N) is 2. The van der Waals surface area contributed by atoms with Gasteiger partial charge in [0, 0.05) is 17.1 Å². The Bertz CT molecular complexity index is 684. The van der Waals surface area contributed by atoms with Crippen molar-refractivity contribution < 1.29 is 13.2 Å². The largest absolute Gasteiger partial charge is 0.349 e. The van der Waals surface area contributed by atoms with Crippen LogP contribution < -0.4 is 15.8 Å². The number of amides is 1. The third-order valence-electron chi connectivity index (χ3n) is 4.15. The molecule has 1 fully saturated rings. The molecule has 1 aliphatic rings. The molecule has 6 nitrogen and oxygen atoms in total. The van der Waals surface area contributed by atoms with E-state index in [1.54, 1.807) is 32.9 Å². The van der Waals surface area contributed by atoms with Gasteiger partial charge in [0.15, 0.2) is 0 Å². The van der Waals surface area contributed by atoms with Gasteiger partial charge in [-0.25, -0.2) is 13.1 Å². The Morgan fingerprint density at radius 1 is 1.20 bits per heavy atom. The number of benzene rings is 1. The second kappa shape index (κ2) is 8.49. The molecule has 2 atom stereocenters. The molecule has 142 valence electrons. The molecule has 0 saturated heterocycles. The standard InChI is InChI=1S/C17H27N3O3S.ClH/c1-17(2,3)20-24(22,23)14-9-7-12(8-10-14)16(21)19-15-6-4-5-13(15)11-18;/h7-10,13,15,20H,4-6,11,18H2,1-3H3,(H,19,21);1H. The zero-order valence-corrected chi connectivity index (χ0v) is 16.5. The molecule has 1 aromatic carbocycles. The maximum absolute atomic E-state index is 12.3. The van der Waals surface area contributed by atoms with Crippen molar-refractivity contribution in [2.45, 2.75) is 56.5 Å². The number of rotatable bonds is 5. The number of halogens is 1. The van der Waals surface area contributed by atoms with Crippen molar-refractivity contribution in [3.63, 3.8) is 0 Å². The minimum Gasteiger partial charge on any atom is -0.349 e. The van der Waals surface area contributed by atoms with Crippen LogP contribution in [0.1, 0.15) is 50.4 Å². The highest BCUT2D eigenvalue weighted by Crippen LogP contribution is 2.25. The maximum atomic E-state index is 12.3. The second-order valence-electron chi connectivity index (χ2n) is 7.39. The highest BCUT2D eigenvalue weighted by molar-refractivity contribution is 7.89. The van der Waals surface area contributed by atoms with Gasteiger partial charge in [-0.05, 0) is 70.3 Å². The summed E-state index contributed by atoms with van der Waals surface area (Å²) in [6, 6.07) is 6.10. The van der Waals surface area contributed by atoms with Crippen LogP contribution in [0.15, 0.2) is 29.2 Å². The number of nitrogens with two attached hydrogens (primary N) is 1. The lowest BCUT2D eigenvalue weighted by Crippen LogP contribution is -2.40. The van der Waals surface area contributed by atoms with Crippen LogP contribution >= 0.6 is 12.4 Å². The van der Waals surface area contributed by atoms with Crippen molar-refractivity contribution >= 4 is 28.3 Å². The van der Waals surface area contributed by atoms with E-state index in [1.807, 2.05) is 0 Å². The average molecular weight is 390 g/mol. The summed E-state index contributed by atoms with van der Waals surface area (Å²) in [6.07, 6.45) is 3.05. The van der Waals surface area contributed by atoms with E-state index in [4.69, 9.17) is 5.73 Å². The summed E-state index contributed by atoms with van der Waals surface area (Å²) < 4.78 is 27.1. The predicted molar refractivity (Wildman–Crippen MR) is 101 cm³/mol. The van der Waals surface area contributed by atoms with Crippen molar-refractivity contribution in [3.8, 4) is 0 Å². The Morgan fingerprint density at radius 2 is 1.80 bits per heavy atom. The normalized spacial score (nSPS) is 20.8. The number of hydrogen-bond acceptors (Lipinski definition) is 4. The van der Waals surface area contributed by atoms with E-state index in [0.29, 0.717) is 18.0 Å². The quantitative estimate of drug-likeness (QED) is 0.717. The molecule has 0 radical (unpaired) electrons. The third kappa shape index (κ3) is 5.95. The van der Waals surface area contributed by atoms with Gasteiger partial charge in [0.05, 0.1) is 4.90 Å². The number of carbonyl (C=O) groups excluding carboxylic acids is 1. The molecular weight excluding hydrogens is 362 g/mol. The van der Waals surface area contributed by atoms with Crippen molar-refractivity contribution in [2.24, 2.45) is 11.7 Å². The fourth-order valence-electron chi connectivity index (χ4n) is 3.01. The lowest BCUT2D eigenvalue weighted by molar-refractivity contribution is 0.0928. The van der Waals surface area contributed by atoms with Crippen LogP contribution in [0.2, 0.25) is 0 Å². The Kier molecular flexibility index (Phi) is 7.43. The summed E-state index contributed by atoms with van der Waals surface area (Å²) >= 11 is 0. The molecule has 1 aromatic rings. The molecule has 0 bridgehead atoms. The molecule has 2 rings (SSSR count). The molecule has 2 unspecified atom stereocenters. The lowest BCUT2D eigenvalue weighted by atomic mass is 10.0. The summed E-state index contributed by atoms with van der Waals surface area (Å²) in [4.78, 5) is 12.5. The first-order chi connectivity index (χ1) is 11.1. The molecule has 0 aliphatic heterocycles. The lowest BCUT2D eigenvalue weighted by Gasteiger charge is -2.21. The molecule has 1 aliphatic carbocycles. The van der Waals surface area contributed by atoms with Crippen LogP contribution in [0.5, 0.6) is 0 Å². The summed E-state index contributed by atoms with van der Waals surface area (Å²) in [5, 5.41) is 3.01. The Hall–Kier alpha value is -1.15. The predicted octanol–water partition coefficient (Wildman–Crippen LogP) is 2.04. The fourth-order valence-corrected chi connectivity index (χ4v) is 4.43. The summed E-state index contributed by atoms with van der Waals surface area (Å²) in [7, 11) is -3.59. The average Bonchev–Trinajstić information content (AvgIpc) is 2.92. The van der Waals surface area contributed by atoms with Gasteiger partial charge in [-0.3, -0.25) is 4.79 Å². The van der Waals surface area contributed by atoms with Gasteiger partial charge >= 0.3 is 0 Å². The first-order valence-corrected chi connectivity index (χ1v) is 9.76. The van der Waals surface area contributed by atoms with Crippen LogP contribution in [-0.4, -0.2) is 32.5 Å². The van der Waals surface area contributed by atoms with Gasteiger partial charge < -0.3 is 11.1 Å². The zero-order valence-electron chi connectivity index (χ0n) is 14.9. The van der Waals surface area contributed by atoms with Crippen LogP contribution in [0.4, 0.5) is 0 Å². The van der Waals surface area contributed by atoms with Crippen molar-refractivity contribution in [1.29, 1.82) is 0 Å². The summed E-state index contributed by atoms with van der Waals surface area (Å²) in [5.74, 6) is 0.137. The Balaban J connectivity index is 0.00000312. The Morgan fingerprint density at radius 3 is 2.32 bits per heavy atom. The smallest absolute Gasteiger partial charge is 0.251 e. The first kappa shape index (κ1) is 21.9. The van der Waals surface area contributed by atoms with E-state index in [1.165, 1.54) is 12.1 Å². The number of hydrogen-bond donors (Lipinski definition) is 3. The number of sulfonamides is 1. The zero-order chi connectivity index (χ0) is 18.0. The van der Waals surface area contributed by atoms with Gasteiger partial charge in [0.25, 0.3) is 5.91 Å². The molecule has 25 heavy (non-hydrogen) atoms. The van der Waals surface area contributed by atoms with E-state index >= 15 is 0 Å². The highest BCUT2D eigenvalue weighted by atomic mass is 35.5. The molecular formula is C17H28ClN3O3S. The van der Waals surface area contributed by atoms with E-state index < -0.39 is 15.6 Å². The summed E-state index contributed by atoms with van der Waals surface area (Å²) in [6.45, 7) is 5.91. The Labute approximate surface area is 156 Å². The first-order valence-electron chi connectivity index (χ1n) is 8.27. The van der Waals surface area contributed by atoms with Gasteiger partial charge in [0.2, 0.25) is 10.0 Å². The molecule has 1 saturated carbocycles. The van der Waals surface area contributed by atoms with Crippen molar-refractivity contribution in [2.75, 3.05) is 6.54 Å². The van der Waals surface area contributed by atoms with E-state index in [-0.39, 0.29) is 29.3 Å². The molecule has 0 heterocycles. The van der Waals surface area contributed by atoms with Gasteiger partial charge in [-0.2, -0.15) is 0 Å². The third-order valence-corrected chi connectivity index (χ3v) is 5.92. The maximum Gasteiger partial charge on any atom is 0.251 e. The second-order valence-corrected chi connectivity index (χ2v) is 9.07. The fraction of sp³-hybridized carbons (Fsp3) is 0.588. The van der Waals surface area contributed by atoms with Crippen LogP contribution in [-0.2, 0) is 10.0 Å².